The van der Waals surface area contributed by atoms with E-state index in [9.17, 15) is 18.8 Å². The van der Waals surface area contributed by atoms with Crippen molar-refractivity contribution in [3.63, 3.8) is 0 Å². The fourth-order valence-corrected chi connectivity index (χ4v) is 4.54. The van der Waals surface area contributed by atoms with E-state index < -0.39 is 46.5 Å². The van der Waals surface area contributed by atoms with E-state index in [-0.39, 0.29) is 42.8 Å². The van der Waals surface area contributed by atoms with Crippen molar-refractivity contribution in [1.82, 2.24) is 9.47 Å². The molecular formula is C30H32F2N2O6. The Bertz CT molecular complexity index is 1510. The van der Waals surface area contributed by atoms with Gasteiger partial charge in [0, 0.05) is 19.3 Å². The molecule has 1 amide bonds. The summed E-state index contributed by atoms with van der Waals surface area (Å²) in [6.45, 7) is 11.1. The molecule has 1 fully saturated rings. The van der Waals surface area contributed by atoms with Crippen LogP contribution in [0.1, 0.15) is 50.0 Å². The van der Waals surface area contributed by atoms with Crippen molar-refractivity contribution < 1.29 is 32.6 Å². The van der Waals surface area contributed by atoms with Gasteiger partial charge in [0.15, 0.2) is 11.6 Å². The summed E-state index contributed by atoms with van der Waals surface area (Å²) in [4.78, 5) is 40.3. The van der Waals surface area contributed by atoms with Crippen LogP contribution in [0.4, 0.5) is 13.6 Å². The first-order chi connectivity index (χ1) is 18.9. The van der Waals surface area contributed by atoms with Gasteiger partial charge in [-0.3, -0.25) is 9.69 Å². The van der Waals surface area contributed by atoms with E-state index in [1.807, 2.05) is 6.07 Å². The molecule has 0 radical (unpaired) electrons. The molecule has 2 heterocycles. The highest BCUT2D eigenvalue weighted by molar-refractivity contribution is 5.95. The quantitative estimate of drug-likeness (QED) is 0.279. The molecule has 0 unspecified atom stereocenters. The zero-order chi connectivity index (χ0) is 29.2. The maximum absolute atomic E-state index is 15.1. The Kier molecular flexibility index (Phi) is 8.27. The fraction of sp³-hybridized carbons (Fsp3) is 0.367. The Morgan fingerprint density at radius 3 is 2.50 bits per heavy atom. The molecule has 0 saturated carbocycles. The molecule has 4 rings (SSSR count). The zero-order valence-corrected chi connectivity index (χ0v) is 23.0. The summed E-state index contributed by atoms with van der Waals surface area (Å²) < 4.78 is 47.9. The number of carbonyl (C=O) groups excluding carboxylic acids is 2. The lowest BCUT2D eigenvalue weighted by atomic mass is 10.1. The molecule has 212 valence electrons. The van der Waals surface area contributed by atoms with E-state index in [1.54, 1.807) is 52.0 Å². The van der Waals surface area contributed by atoms with Crippen LogP contribution in [0.3, 0.4) is 0 Å². The minimum atomic E-state index is -1.31. The number of carbonyl (C=O) groups is 2. The molecule has 1 aliphatic heterocycles. The Hall–Kier alpha value is -4.21. The first-order valence-electron chi connectivity index (χ1n) is 12.9. The maximum Gasteiger partial charge on any atom is 0.410 e. The molecule has 0 N–H and O–H groups in total. The lowest BCUT2D eigenvalue weighted by Gasteiger charge is -2.28. The number of pyridine rings is 1. The Labute approximate surface area is 230 Å². The standard InChI is InChI=1S/C30H32F2N2O6/c1-6-33-15-22(28(36)39-16-19-10-8-7-9-11-19)26(35)21-13-23(31)24(32)27(25(21)33)38-17-20-12-18(2)14-34(20)29(37)40-30(3,4)5/h7-11,13,15,20H,2,6,12,14,16-17H2,1,3-5H3/t20-/m0/s1. The number of rotatable bonds is 7. The number of nitrogens with zero attached hydrogens (tertiary/aromatic N) is 2. The summed E-state index contributed by atoms with van der Waals surface area (Å²) in [5.74, 6) is -3.96. The van der Waals surface area contributed by atoms with Gasteiger partial charge in [0.25, 0.3) is 0 Å². The van der Waals surface area contributed by atoms with E-state index >= 15 is 4.39 Å². The Balaban J connectivity index is 1.66. The average molecular weight is 555 g/mol. The second-order valence-electron chi connectivity index (χ2n) is 10.6. The van der Waals surface area contributed by atoms with Gasteiger partial charge in [-0.1, -0.05) is 42.5 Å². The topological polar surface area (TPSA) is 87.1 Å². The van der Waals surface area contributed by atoms with Gasteiger partial charge in [0.05, 0.1) is 16.9 Å². The smallest absolute Gasteiger partial charge is 0.410 e. The van der Waals surface area contributed by atoms with Crippen molar-refractivity contribution in [2.75, 3.05) is 13.2 Å². The van der Waals surface area contributed by atoms with Crippen molar-refractivity contribution in [3.05, 3.63) is 87.7 Å². The second kappa shape index (κ2) is 11.5. The van der Waals surface area contributed by atoms with Gasteiger partial charge in [0.2, 0.25) is 11.2 Å². The van der Waals surface area contributed by atoms with Crippen LogP contribution < -0.4 is 10.2 Å². The maximum atomic E-state index is 15.1. The van der Waals surface area contributed by atoms with Crippen LogP contribution in [-0.4, -0.2) is 46.3 Å². The third kappa shape index (κ3) is 6.16. The van der Waals surface area contributed by atoms with Crippen LogP contribution in [0.25, 0.3) is 10.9 Å². The number of amides is 1. The summed E-state index contributed by atoms with van der Waals surface area (Å²) in [6, 6.07) is 9.14. The first kappa shape index (κ1) is 28.8. The van der Waals surface area contributed by atoms with E-state index in [0.717, 1.165) is 17.2 Å². The Morgan fingerprint density at radius 1 is 1.15 bits per heavy atom. The molecule has 1 aromatic heterocycles. The molecule has 1 aliphatic rings. The van der Waals surface area contributed by atoms with Gasteiger partial charge < -0.3 is 18.8 Å². The summed E-state index contributed by atoms with van der Waals surface area (Å²) in [5, 5.41) is -0.232. The number of benzene rings is 2. The zero-order valence-electron chi connectivity index (χ0n) is 23.0. The van der Waals surface area contributed by atoms with E-state index in [2.05, 4.69) is 6.58 Å². The molecule has 2 aromatic carbocycles. The molecule has 40 heavy (non-hydrogen) atoms. The van der Waals surface area contributed by atoms with Gasteiger partial charge in [-0.05, 0) is 45.7 Å². The first-order valence-corrected chi connectivity index (χ1v) is 12.9. The normalized spacial score (nSPS) is 15.4. The molecular weight excluding hydrogens is 522 g/mol. The predicted molar refractivity (Wildman–Crippen MR) is 145 cm³/mol. The third-order valence-corrected chi connectivity index (χ3v) is 6.39. The fourth-order valence-electron chi connectivity index (χ4n) is 4.54. The van der Waals surface area contributed by atoms with Crippen LogP contribution in [0.2, 0.25) is 0 Å². The lowest BCUT2D eigenvalue weighted by Crippen LogP contribution is -2.42. The molecule has 10 heteroatoms. The SMILES string of the molecule is C=C1C[C@@H](COc2c(F)c(F)cc3c(=O)c(C(=O)OCc4ccccc4)cn(CC)c23)N(C(=O)OC(C)(C)C)C1. The number of hydrogen-bond acceptors (Lipinski definition) is 6. The number of halogens is 2. The summed E-state index contributed by atoms with van der Waals surface area (Å²) in [6.07, 6.45) is 1.06. The van der Waals surface area contributed by atoms with Gasteiger partial charge in [-0.15, -0.1) is 0 Å². The van der Waals surface area contributed by atoms with Crippen LogP contribution >= 0.6 is 0 Å². The molecule has 1 atom stereocenters. The van der Waals surface area contributed by atoms with Gasteiger partial charge in [-0.25, -0.2) is 14.0 Å². The van der Waals surface area contributed by atoms with Crippen LogP contribution in [0.15, 0.2) is 59.5 Å². The molecule has 1 saturated heterocycles. The number of aryl methyl sites for hydroxylation is 1. The van der Waals surface area contributed by atoms with Gasteiger partial charge >= 0.3 is 12.1 Å². The minimum absolute atomic E-state index is 0.00773. The largest absolute Gasteiger partial charge is 0.486 e. The van der Waals surface area contributed by atoms with Crippen molar-refractivity contribution >= 4 is 23.0 Å². The summed E-state index contributed by atoms with van der Waals surface area (Å²) >= 11 is 0. The van der Waals surface area contributed by atoms with E-state index in [4.69, 9.17) is 14.2 Å². The second-order valence-corrected chi connectivity index (χ2v) is 10.6. The number of likely N-dealkylation sites (tertiary alicyclic amines) is 1. The van der Waals surface area contributed by atoms with Crippen LogP contribution in [0, 0.1) is 11.6 Å². The number of fused-ring (bicyclic) bond motifs is 1. The van der Waals surface area contributed by atoms with Crippen molar-refractivity contribution in [2.45, 2.75) is 58.9 Å². The van der Waals surface area contributed by atoms with Crippen LogP contribution in [-0.2, 0) is 22.6 Å². The van der Waals surface area contributed by atoms with Crippen LogP contribution in [0.5, 0.6) is 5.75 Å². The highest BCUT2D eigenvalue weighted by Gasteiger charge is 2.35. The minimum Gasteiger partial charge on any atom is -0.486 e. The van der Waals surface area contributed by atoms with Crippen molar-refractivity contribution in [1.29, 1.82) is 0 Å². The number of esters is 1. The highest BCUT2D eigenvalue weighted by atomic mass is 19.2. The van der Waals surface area contributed by atoms with E-state index in [1.165, 1.54) is 15.7 Å². The third-order valence-electron chi connectivity index (χ3n) is 6.39. The summed E-state index contributed by atoms with van der Waals surface area (Å²) in [5.41, 5.74) is -0.378. The highest BCUT2D eigenvalue weighted by Crippen LogP contribution is 2.32. The number of ether oxygens (including phenoxy) is 3. The molecule has 0 aliphatic carbocycles. The predicted octanol–water partition coefficient (Wildman–Crippen LogP) is 5.60. The average Bonchev–Trinajstić information content (AvgIpc) is 3.28. The molecule has 0 bridgehead atoms. The van der Waals surface area contributed by atoms with Gasteiger partial charge in [-0.2, -0.15) is 4.39 Å². The molecule has 8 nitrogen and oxygen atoms in total. The van der Waals surface area contributed by atoms with Crippen molar-refractivity contribution in [2.24, 2.45) is 0 Å². The van der Waals surface area contributed by atoms with E-state index in [0.29, 0.717) is 6.42 Å². The Morgan fingerprint density at radius 2 is 1.85 bits per heavy atom. The lowest BCUT2D eigenvalue weighted by molar-refractivity contribution is 0.0189. The van der Waals surface area contributed by atoms with Gasteiger partial charge in [0.1, 0.15) is 24.4 Å². The van der Waals surface area contributed by atoms with Crippen molar-refractivity contribution in [3.8, 4) is 5.75 Å². The monoisotopic (exact) mass is 554 g/mol. The molecule has 3 aromatic rings. The number of hydrogen-bond donors (Lipinski definition) is 0. The summed E-state index contributed by atoms with van der Waals surface area (Å²) in [7, 11) is 0. The molecule has 0 spiro atoms. The number of aromatic nitrogens is 1.